The highest BCUT2D eigenvalue weighted by Crippen LogP contribution is 2.34. The van der Waals surface area contributed by atoms with Gasteiger partial charge >= 0.3 is 5.97 Å². The number of benzene rings is 2. The van der Waals surface area contributed by atoms with E-state index in [-0.39, 0.29) is 17.9 Å². The highest BCUT2D eigenvalue weighted by Gasteiger charge is 2.44. The minimum atomic E-state index is -4.06. The third kappa shape index (κ3) is 2.97. The van der Waals surface area contributed by atoms with E-state index in [1.807, 2.05) is 31.1 Å². The first-order chi connectivity index (χ1) is 11.7. The van der Waals surface area contributed by atoms with Crippen molar-refractivity contribution in [3.05, 3.63) is 36.4 Å². The number of aliphatic hydroxyl groups excluding tert-OH is 1. The van der Waals surface area contributed by atoms with Gasteiger partial charge in [0, 0.05) is 43.5 Å². The summed E-state index contributed by atoms with van der Waals surface area (Å²) in [6, 6.07) is 9.05. The van der Waals surface area contributed by atoms with E-state index in [1.54, 1.807) is 18.2 Å². The van der Waals surface area contributed by atoms with Gasteiger partial charge in [0.05, 0.1) is 11.0 Å². The molecule has 1 aliphatic rings. The molecular weight excluding hydrogens is 344 g/mol. The standard InChI is InChI=1S/C17H20N2O5S/c1-18(2)14-7-3-6-13-12(14)5-4-8-16(13)25(23,24)19-10-11(20)9-15(19)17(21)22/h3-8,11,15,20H,9-10H2,1-2H3,(H,21,22)/t11-,15+/m1/s1. The number of hydrogen-bond donors (Lipinski definition) is 2. The molecule has 1 heterocycles. The predicted octanol–water partition coefficient (Wildman–Crippen LogP) is 1.11. The molecular formula is C17H20N2O5S. The van der Waals surface area contributed by atoms with Crippen LogP contribution in [0.3, 0.4) is 0 Å². The largest absolute Gasteiger partial charge is 0.480 e. The first-order valence-electron chi connectivity index (χ1n) is 7.85. The summed E-state index contributed by atoms with van der Waals surface area (Å²) in [5, 5.41) is 20.4. The molecule has 25 heavy (non-hydrogen) atoms. The summed E-state index contributed by atoms with van der Waals surface area (Å²) >= 11 is 0. The molecule has 2 N–H and O–H groups in total. The molecule has 0 unspecified atom stereocenters. The van der Waals surface area contributed by atoms with Gasteiger partial charge in [0.15, 0.2) is 0 Å². The Balaban J connectivity index is 2.18. The van der Waals surface area contributed by atoms with Crippen molar-refractivity contribution in [2.45, 2.75) is 23.5 Å². The fourth-order valence-corrected chi connectivity index (χ4v) is 5.12. The third-order valence-corrected chi connectivity index (χ3v) is 6.38. The topological polar surface area (TPSA) is 98.2 Å². The van der Waals surface area contributed by atoms with Crippen LogP contribution in [0.2, 0.25) is 0 Å². The molecule has 0 aromatic heterocycles. The van der Waals surface area contributed by atoms with Gasteiger partial charge in [-0.15, -0.1) is 0 Å². The summed E-state index contributed by atoms with van der Waals surface area (Å²) < 4.78 is 27.1. The van der Waals surface area contributed by atoms with E-state index in [4.69, 9.17) is 0 Å². The Morgan fingerprint density at radius 2 is 1.80 bits per heavy atom. The van der Waals surface area contributed by atoms with Crippen LogP contribution in [-0.4, -0.2) is 61.7 Å². The molecule has 0 aliphatic carbocycles. The Morgan fingerprint density at radius 3 is 2.44 bits per heavy atom. The van der Waals surface area contributed by atoms with Crippen molar-refractivity contribution in [2.75, 3.05) is 25.5 Å². The Bertz CT molecular complexity index is 926. The van der Waals surface area contributed by atoms with Gasteiger partial charge in [-0.1, -0.05) is 24.3 Å². The average molecular weight is 364 g/mol. The van der Waals surface area contributed by atoms with Gasteiger partial charge in [-0.3, -0.25) is 4.79 Å². The molecule has 8 heteroatoms. The normalized spacial score (nSPS) is 21.6. The smallest absolute Gasteiger partial charge is 0.322 e. The number of aliphatic hydroxyl groups is 1. The van der Waals surface area contributed by atoms with Gasteiger partial charge in [-0.25, -0.2) is 8.42 Å². The minimum absolute atomic E-state index is 0.0500. The zero-order valence-corrected chi connectivity index (χ0v) is 14.8. The van der Waals surface area contributed by atoms with Crippen LogP contribution < -0.4 is 4.90 Å². The molecule has 0 bridgehead atoms. The second-order valence-corrected chi connectivity index (χ2v) is 8.20. The quantitative estimate of drug-likeness (QED) is 0.843. The lowest BCUT2D eigenvalue weighted by molar-refractivity contribution is -0.140. The van der Waals surface area contributed by atoms with Crippen molar-refractivity contribution in [3.63, 3.8) is 0 Å². The number of nitrogens with zero attached hydrogens (tertiary/aromatic N) is 2. The van der Waals surface area contributed by atoms with Crippen molar-refractivity contribution in [1.29, 1.82) is 0 Å². The molecule has 0 saturated carbocycles. The maximum atomic E-state index is 13.1. The fraction of sp³-hybridized carbons (Fsp3) is 0.353. The molecule has 3 rings (SSSR count). The molecule has 2 aromatic rings. The van der Waals surface area contributed by atoms with E-state index >= 15 is 0 Å². The molecule has 1 aliphatic heterocycles. The number of carboxylic acid groups (broad SMARTS) is 1. The van der Waals surface area contributed by atoms with Crippen molar-refractivity contribution in [2.24, 2.45) is 0 Å². The number of anilines is 1. The Hall–Kier alpha value is -2.16. The molecule has 2 atom stereocenters. The summed E-state index contributed by atoms with van der Waals surface area (Å²) in [6.45, 7) is -0.219. The summed E-state index contributed by atoms with van der Waals surface area (Å²) in [6.07, 6.45) is -1.09. The van der Waals surface area contributed by atoms with Gasteiger partial charge in [-0.2, -0.15) is 4.31 Å². The molecule has 7 nitrogen and oxygen atoms in total. The van der Waals surface area contributed by atoms with Crippen LogP contribution in [0.1, 0.15) is 6.42 Å². The lowest BCUT2D eigenvalue weighted by atomic mass is 10.1. The van der Waals surface area contributed by atoms with Crippen LogP contribution >= 0.6 is 0 Å². The Morgan fingerprint density at radius 1 is 1.16 bits per heavy atom. The van der Waals surface area contributed by atoms with Gasteiger partial charge in [0.2, 0.25) is 10.0 Å². The number of carboxylic acids is 1. The van der Waals surface area contributed by atoms with Crippen molar-refractivity contribution in [1.82, 2.24) is 4.31 Å². The molecule has 1 saturated heterocycles. The Kier molecular flexibility index (Phi) is 4.44. The van der Waals surface area contributed by atoms with E-state index < -0.39 is 28.1 Å². The molecule has 2 aromatic carbocycles. The predicted molar refractivity (Wildman–Crippen MR) is 94.2 cm³/mol. The molecule has 0 spiro atoms. The van der Waals surface area contributed by atoms with Crippen molar-refractivity contribution < 1.29 is 23.4 Å². The zero-order valence-electron chi connectivity index (χ0n) is 14.0. The van der Waals surface area contributed by atoms with E-state index in [2.05, 4.69) is 0 Å². The van der Waals surface area contributed by atoms with Gasteiger partial charge in [0.1, 0.15) is 6.04 Å². The number of aliphatic carboxylic acids is 1. The van der Waals surface area contributed by atoms with E-state index in [0.717, 1.165) is 15.4 Å². The second kappa shape index (κ2) is 6.29. The number of carbonyl (C=O) groups is 1. The monoisotopic (exact) mass is 364 g/mol. The number of β-amino-alcohol motifs (C(OH)–C–C–N with tert-alkyl or cyclic N) is 1. The van der Waals surface area contributed by atoms with Gasteiger partial charge < -0.3 is 15.1 Å². The zero-order chi connectivity index (χ0) is 18.4. The lowest BCUT2D eigenvalue weighted by Gasteiger charge is -2.22. The summed E-state index contributed by atoms with van der Waals surface area (Å²) in [5.41, 5.74) is 0.866. The highest BCUT2D eigenvalue weighted by atomic mass is 32.2. The fourth-order valence-electron chi connectivity index (χ4n) is 3.28. The van der Waals surface area contributed by atoms with Crippen LogP contribution in [0.25, 0.3) is 10.8 Å². The van der Waals surface area contributed by atoms with Gasteiger partial charge in [0.25, 0.3) is 0 Å². The average Bonchev–Trinajstić information content (AvgIpc) is 2.96. The van der Waals surface area contributed by atoms with Crippen molar-refractivity contribution in [3.8, 4) is 0 Å². The maximum Gasteiger partial charge on any atom is 0.322 e. The summed E-state index contributed by atoms with van der Waals surface area (Å²) in [7, 11) is -0.324. The number of rotatable bonds is 4. The highest BCUT2D eigenvalue weighted by molar-refractivity contribution is 7.89. The SMILES string of the molecule is CN(C)c1cccc2c(S(=O)(=O)N3C[C@H](O)C[C@H]3C(=O)O)cccc12. The first-order valence-corrected chi connectivity index (χ1v) is 9.29. The molecule has 1 fully saturated rings. The molecule has 0 amide bonds. The number of sulfonamides is 1. The van der Waals surface area contributed by atoms with E-state index in [9.17, 15) is 23.4 Å². The number of hydrogen-bond acceptors (Lipinski definition) is 5. The number of fused-ring (bicyclic) bond motifs is 1. The molecule has 134 valence electrons. The molecule has 0 radical (unpaired) electrons. The Labute approximate surface area is 146 Å². The first kappa shape index (κ1) is 17.7. The van der Waals surface area contributed by atoms with E-state index in [0.29, 0.717) is 5.39 Å². The minimum Gasteiger partial charge on any atom is -0.480 e. The third-order valence-electron chi connectivity index (χ3n) is 4.45. The van der Waals surface area contributed by atoms with Gasteiger partial charge in [-0.05, 0) is 12.1 Å². The van der Waals surface area contributed by atoms with E-state index in [1.165, 1.54) is 6.07 Å². The second-order valence-electron chi connectivity index (χ2n) is 6.34. The lowest BCUT2D eigenvalue weighted by Crippen LogP contribution is -2.40. The summed E-state index contributed by atoms with van der Waals surface area (Å²) in [5.74, 6) is -1.26. The van der Waals surface area contributed by atoms with Crippen molar-refractivity contribution >= 4 is 32.5 Å². The van der Waals surface area contributed by atoms with Crippen LogP contribution in [0.4, 0.5) is 5.69 Å². The van der Waals surface area contributed by atoms with Crippen LogP contribution in [0, 0.1) is 0 Å². The van der Waals surface area contributed by atoms with Crippen LogP contribution in [0.5, 0.6) is 0 Å². The maximum absolute atomic E-state index is 13.1. The van der Waals surface area contributed by atoms with Crippen LogP contribution in [-0.2, 0) is 14.8 Å². The van der Waals surface area contributed by atoms with Crippen LogP contribution in [0.15, 0.2) is 41.3 Å². The summed E-state index contributed by atoms with van der Waals surface area (Å²) in [4.78, 5) is 13.4.